The number of benzene rings is 1. The van der Waals surface area contributed by atoms with Gasteiger partial charge >= 0.3 is 0 Å². The first-order valence-electron chi connectivity index (χ1n) is 7.41. The molecule has 2 atom stereocenters. The number of carbonyl (C=O) groups is 1. The lowest BCUT2D eigenvalue weighted by atomic mass is 10.0. The van der Waals surface area contributed by atoms with Crippen LogP contribution in [0.15, 0.2) is 34.7 Å². The molecule has 0 aliphatic heterocycles. The molecule has 1 heterocycles. The molecule has 1 amide bonds. The Morgan fingerprint density at radius 1 is 1.29 bits per heavy atom. The number of aliphatic hydroxyl groups is 1. The van der Waals surface area contributed by atoms with Crippen molar-refractivity contribution in [3.63, 3.8) is 0 Å². The molecule has 1 aromatic carbocycles. The first-order valence-corrected chi connectivity index (χ1v) is 7.41. The minimum absolute atomic E-state index is 0.0449. The van der Waals surface area contributed by atoms with Crippen molar-refractivity contribution in [3.8, 4) is 0 Å². The van der Waals surface area contributed by atoms with E-state index in [1.165, 1.54) is 0 Å². The number of furan rings is 1. The summed E-state index contributed by atoms with van der Waals surface area (Å²) in [5.74, 6) is 0.575. The summed E-state index contributed by atoms with van der Waals surface area (Å²) in [4.78, 5) is 12.3. The molecule has 0 aliphatic rings. The van der Waals surface area contributed by atoms with Gasteiger partial charge in [0.15, 0.2) is 0 Å². The van der Waals surface area contributed by atoms with E-state index in [9.17, 15) is 9.90 Å². The average Bonchev–Trinajstić information content (AvgIpc) is 2.88. The molecule has 0 bridgehead atoms. The van der Waals surface area contributed by atoms with Gasteiger partial charge in [-0.2, -0.15) is 0 Å². The highest BCUT2D eigenvalue weighted by atomic mass is 16.3. The van der Waals surface area contributed by atoms with Gasteiger partial charge in [-0.15, -0.1) is 0 Å². The second-order valence-corrected chi connectivity index (χ2v) is 5.93. The van der Waals surface area contributed by atoms with Crippen molar-refractivity contribution in [2.45, 2.75) is 39.2 Å². The van der Waals surface area contributed by atoms with Crippen LogP contribution in [0.25, 0.3) is 11.0 Å². The van der Waals surface area contributed by atoms with Gasteiger partial charge in [0, 0.05) is 5.39 Å². The molecule has 0 radical (unpaired) electrons. The van der Waals surface area contributed by atoms with Gasteiger partial charge in [0.25, 0.3) is 0 Å². The molecule has 2 aromatic rings. The summed E-state index contributed by atoms with van der Waals surface area (Å²) in [6.07, 6.45) is 0.759. The largest absolute Gasteiger partial charge is 0.460 e. The smallest absolute Gasteiger partial charge is 0.230 e. The second kappa shape index (κ2) is 6.76. The quantitative estimate of drug-likeness (QED) is 0.859. The standard InChI is InChI=1S/C17H23NO3/c1-11(2)8-14(10-19)18-17(20)12(3)16-9-13-6-4-5-7-15(13)21-16/h4-7,9,11-12,14,19H,8,10H2,1-3H3,(H,18,20). The van der Waals surface area contributed by atoms with Gasteiger partial charge in [-0.25, -0.2) is 0 Å². The van der Waals surface area contributed by atoms with Crippen molar-refractivity contribution in [1.29, 1.82) is 0 Å². The minimum atomic E-state index is -0.376. The topological polar surface area (TPSA) is 62.5 Å². The number of para-hydroxylation sites is 1. The van der Waals surface area contributed by atoms with Gasteiger partial charge in [-0.1, -0.05) is 32.0 Å². The van der Waals surface area contributed by atoms with Crippen LogP contribution in [-0.2, 0) is 4.79 Å². The van der Waals surface area contributed by atoms with E-state index in [0.717, 1.165) is 17.4 Å². The molecule has 2 rings (SSSR count). The predicted molar refractivity (Wildman–Crippen MR) is 83.1 cm³/mol. The van der Waals surface area contributed by atoms with Crippen LogP contribution in [0.1, 0.15) is 38.9 Å². The Morgan fingerprint density at radius 3 is 2.62 bits per heavy atom. The third-order valence-electron chi connectivity index (χ3n) is 3.59. The van der Waals surface area contributed by atoms with Crippen molar-refractivity contribution < 1.29 is 14.3 Å². The maximum absolute atomic E-state index is 12.3. The maximum atomic E-state index is 12.3. The molecule has 0 spiro atoms. The Morgan fingerprint density at radius 2 is 2.00 bits per heavy atom. The highest BCUT2D eigenvalue weighted by Crippen LogP contribution is 2.25. The van der Waals surface area contributed by atoms with E-state index in [4.69, 9.17) is 4.42 Å². The number of amides is 1. The summed E-state index contributed by atoms with van der Waals surface area (Å²) in [5, 5.41) is 13.2. The number of fused-ring (bicyclic) bond motifs is 1. The molecule has 114 valence electrons. The molecule has 4 nitrogen and oxygen atoms in total. The number of carbonyl (C=O) groups excluding carboxylic acids is 1. The van der Waals surface area contributed by atoms with Gasteiger partial charge in [0.1, 0.15) is 11.3 Å². The van der Waals surface area contributed by atoms with E-state index in [2.05, 4.69) is 19.2 Å². The first kappa shape index (κ1) is 15.6. The number of rotatable bonds is 6. The summed E-state index contributed by atoms with van der Waals surface area (Å²) in [7, 11) is 0. The third kappa shape index (κ3) is 3.85. The summed E-state index contributed by atoms with van der Waals surface area (Å²) in [5.41, 5.74) is 0.785. The Kier molecular flexibility index (Phi) is 5.02. The zero-order valence-corrected chi connectivity index (χ0v) is 12.8. The SMILES string of the molecule is CC(C)CC(CO)NC(=O)C(C)c1cc2ccccc2o1. The van der Waals surface area contributed by atoms with Gasteiger partial charge in [0.2, 0.25) is 5.91 Å². The molecule has 0 saturated carbocycles. The van der Waals surface area contributed by atoms with E-state index in [1.54, 1.807) is 0 Å². The van der Waals surface area contributed by atoms with E-state index < -0.39 is 0 Å². The lowest BCUT2D eigenvalue weighted by molar-refractivity contribution is -0.123. The molecule has 0 saturated heterocycles. The van der Waals surface area contributed by atoms with E-state index in [-0.39, 0.29) is 24.5 Å². The van der Waals surface area contributed by atoms with Crippen molar-refractivity contribution in [3.05, 3.63) is 36.1 Å². The average molecular weight is 289 g/mol. The van der Waals surface area contributed by atoms with Gasteiger partial charge < -0.3 is 14.8 Å². The van der Waals surface area contributed by atoms with Crippen molar-refractivity contribution in [2.24, 2.45) is 5.92 Å². The number of hydrogen-bond donors (Lipinski definition) is 2. The lowest BCUT2D eigenvalue weighted by Crippen LogP contribution is -2.40. The lowest BCUT2D eigenvalue weighted by Gasteiger charge is -2.20. The van der Waals surface area contributed by atoms with Gasteiger partial charge in [0.05, 0.1) is 18.6 Å². The van der Waals surface area contributed by atoms with E-state index in [1.807, 2.05) is 37.3 Å². The number of aliphatic hydroxyl groups excluding tert-OH is 1. The summed E-state index contributed by atoms with van der Waals surface area (Å²) in [6.45, 7) is 5.91. The molecule has 2 unspecified atom stereocenters. The van der Waals surface area contributed by atoms with Crippen molar-refractivity contribution in [1.82, 2.24) is 5.32 Å². The molecule has 4 heteroatoms. The predicted octanol–water partition coefficient (Wildman–Crippen LogP) is 3.06. The Hall–Kier alpha value is -1.81. The summed E-state index contributed by atoms with van der Waals surface area (Å²) in [6, 6.07) is 9.39. The summed E-state index contributed by atoms with van der Waals surface area (Å²) < 4.78 is 5.72. The number of hydrogen-bond acceptors (Lipinski definition) is 3. The van der Waals surface area contributed by atoms with Crippen LogP contribution in [-0.4, -0.2) is 23.7 Å². The van der Waals surface area contributed by atoms with Crippen LogP contribution in [0.5, 0.6) is 0 Å². The third-order valence-corrected chi connectivity index (χ3v) is 3.59. The van der Waals surface area contributed by atoms with Crippen LogP contribution in [0, 0.1) is 5.92 Å². The first-order chi connectivity index (χ1) is 10.0. The fraction of sp³-hybridized carbons (Fsp3) is 0.471. The Balaban J connectivity index is 2.07. The zero-order valence-electron chi connectivity index (χ0n) is 12.8. The molecular weight excluding hydrogens is 266 g/mol. The van der Waals surface area contributed by atoms with Crippen LogP contribution >= 0.6 is 0 Å². The molecule has 0 fully saturated rings. The van der Waals surface area contributed by atoms with Crippen LogP contribution in [0.4, 0.5) is 0 Å². The Labute approximate surface area is 125 Å². The van der Waals surface area contributed by atoms with E-state index in [0.29, 0.717) is 11.7 Å². The van der Waals surface area contributed by atoms with Crippen LogP contribution in [0.3, 0.4) is 0 Å². The van der Waals surface area contributed by atoms with E-state index >= 15 is 0 Å². The Bertz CT molecular complexity index is 570. The number of nitrogens with one attached hydrogen (secondary N) is 1. The maximum Gasteiger partial charge on any atom is 0.230 e. The van der Waals surface area contributed by atoms with Crippen LogP contribution in [0.2, 0.25) is 0 Å². The summed E-state index contributed by atoms with van der Waals surface area (Å²) >= 11 is 0. The minimum Gasteiger partial charge on any atom is -0.460 e. The van der Waals surface area contributed by atoms with Crippen molar-refractivity contribution in [2.75, 3.05) is 6.61 Å². The molecule has 2 N–H and O–H groups in total. The molecule has 21 heavy (non-hydrogen) atoms. The monoisotopic (exact) mass is 289 g/mol. The fourth-order valence-electron chi connectivity index (χ4n) is 2.42. The second-order valence-electron chi connectivity index (χ2n) is 5.93. The molecule has 1 aromatic heterocycles. The van der Waals surface area contributed by atoms with Gasteiger partial charge in [-0.05, 0) is 31.4 Å². The zero-order chi connectivity index (χ0) is 15.4. The highest BCUT2D eigenvalue weighted by molar-refractivity contribution is 5.85. The molecular formula is C17H23NO3. The van der Waals surface area contributed by atoms with Crippen molar-refractivity contribution >= 4 is 16.9 Å². The molecule has 0 aliphatic carbocycles. The van der Waals surface area contributed by atoms with Gasteiger partial charge in [-0.3, -0.25) is 4.79 Å². The highest BCUT2D eigenvalue weighted by Gasteiger charge is 2.22. The van der Waals surface area contributed by atoms with Crippen LogP contribution < -0.4 is 5.32 Å². The fourth-order valence-corrected chi connectivity index (χ4v) is 2.42. The normalized spacial score (nSPS) is 14.3.